The highest BCUT2D eigenvalue weighted by Crippen LogP contribution is 2.35. The van der Waals surface area contributed by atoms with Crippen molar-refractivity contribution in [1.29, 1.82) is 0 Å². The molecule has 0 saturated carbocycles. The molecule has 0 spiro atoms. The largest absolute Gasteiger partial charge is 0.344 e. The van der Waals surface area contributed by atoms with E-state index in [2.05, 4.69) is 6.58 Å². The van der Waals surface area contributed by atoms with Gasteiger partial charge in [0.15, 0.2) is 0 Å². The number of methoxy groups -OCH3 is 1. The summed E-state index contributed by atoms with van der Waals surface area (Å²) in [7, 11) is 1.57. The van der Waals surface area contributed by atoms with Crippen molar-refractivity contribution in [2.45, 2.75) is 31.2 Å². The summed E-state index contributed by atoms with van der Waals surface area (Å²) < 4.78 is 5.79. The Balaban J connectivity index is 2.31. The van der Waals surface area contributed by atoms with Crippen LogP contribution in [0.5, 0.6) is 0 Å². The normalized spacial score (nSPS) is 12.5. The van der Waals surface area contributed by atoms with Crippen LogP contribution in [0.2, 0.25) is 0 Å². The van der Waals surface area contributed by atoms with Gasteiger partial charge in [-0.2, -0.15) is 4.89 Å². The maximum atomic E-state index is 10.9. The molecule has 0 aliphatic rings. The molecule has 0 aliphatic heterocycles. The number of allylic oxidation sites excluding steroid dienone is 1. The number of hydrogen-bond donors (Lipinski definition) is 0. The molecule has 1 atom stereocenters. The first-order valence-corrected chi connectivity index (χ1v) is 8.32. The second-order valence-corrected chi connectivity index (χ2v) is 5.62. The predicted molar refractivity (Wildman–Crippen MR) is 96.7 cm³/mol. The van der Waals surface area contributed by atoms with Gasteiger partial charge in [0.1, 0.15) is 12.4 Å². The second-order valence-electron chi connectivity index (χ2n) is 5.62. The van der Waals surface area contributed by atoms with Gasteiger partial charge in [-0.3, -0.25) is 0 Å². The molecule has 4 heteroatoms. The summed E-state index contributed by atoms with van der Waals surface area (Å²) >= 11 is 0. The third-order valence-electron chi connectivity index (χ3n) is 3.95. The van der Waals surface area contributed by atoms with Crippen LogP contribution < -0.4 is 0 Å². The molecule has 0 fully saturated rings. The lowest BCUT2D eigenvalue weighted by Crippen LogP contribution is -2.35. The molecule has 0 heterocycles. The number of aldehydes is 1. The van der Waals surface area contributed by atoms with Crippen LogP contribution in [0.15, 0.2) is 73.3 Å². The molecule has 25 heavy (non-hydrogen) atoms. The Labute approximate surface area is 149 Å². The number of carbonyl (C=O) groups excluding carboxylic acids is 1. The third-order valence-corrected chi connectivity index (χ3v) is 3.95. The number of benzene rings is 2. The molecule has 2 aromatic carbocycles. The highest BCUT2D eigenvalue weighted by Gasteiger charge is 2.38. The van der Waals surface area contributed by atoms with Crippen LogP contribution in [0, 0.1) is 0 Å². The van der Waals surface area contributed by atoms with Gasteiger partial charge >= 0.3 is 0 Å². The second kappa shape index (κ2) is 9.89. The molecule has 0 amide bonds. The average Bonchev–Trinajstić information content (AvgIpc) is 2.68. The first kappa shape index (κ1) is 19.1. The molecule has 0 radical (unpaired) electrons. The first-order valence-electron chi connectivity index (χ1n) is 8.32. The molecule has 0 N–H and O–H groups in total. The van der Waals surface area contributed by atoms with E-state index in [-0.39, 0.29) is 12.5 Å². The summed E-state index contributed by atoms with van der Waals surface area (Å²) in [6.45, 7) is 3.70. The molecule has 2 aromatic rings. The van der Waals surface area contributed by atoms with Crippen LogP contribution in [0.3, 0.4) is 0 Å². The van der Waals surface area contributed by atoms with Gasteiger partial charge in [-0.25, -0.2) is 4.89 Å². The van der Waals surface area contributed by atoms with E-state index in [0.29, 0.717) is 6.42 Å². The molecule has 0 bridgehead atoms. The van der Waals surface area contributed by atoms with E-state index >= 15 is 0 Å². The summed E-state index contributed by atoms with van der Waals surface area (Å²) in [6.07, 6.45) is 3.88. The summed E-state index contributed by atoms with van der Waals surface area (Å²) in [5.74, 6) is -1.21. The predicted octanol–water partition coefficient (Wildman–Crippen LogP) is 4.41. The van der Waals surface area contributed by atoms with E-state index in [1.54, 1.807) is 13.2 Å². The minimum Gasteiger partial charge on any atom is -0.344 e. The van der Waals surface area contributed by atoms with E-state index in [4.69, 9.17) is 14.5 Å². The number of rotatable bonds is 11. The van der Waals surface area contributed by atoms with Crippen LogP contribution in [0.25, 0.3) is 0 Å². The van der Waals surface area contributed by atoms with Crippen LogP contribution >= 0.6 is 0 Å². The first-order chi connectivity index (χ1) is 12.3. The highest BCUT2D eigenvalue weighted by molar-refractivity contribution is 5.50. The highest BCUT2D eigenvalue weighted by atomic mass is 17.2. The van der Waals surface area contributed by atoms with E-state index in [0.717, 1.165) is 23.8 Å². The van der Waals surface area contributed by atoms with Crippen LogP contribution in [-0.4, -0.2) is 19.5 Å². The van der Waals surface area contributed by atoms with Gasteiger partial charge in [0.05, 0.1) is 0 Å². The summed E-state index contributed by atoms with van der Waals surface area (Å²) in [4.78, 5) is 22.4. The molecule has 0 saturated heterocycles. The van der Waals surface area contributed by atoms with Crippen molar-refractivity contribution in [3.05, 3.63) is 84.4 Å². The van der Waals surface area contributed by atoms with Crippen LogP contribution in [0.1, 0.15) is 30.4 Å². The summed E-state index contributed by atoms with van der Waals surface area (Å²) in [5.41, 5.74) is 1.61. The number of carbonyl (C=O) groups is 1. The SMILES string of the molecule is C=CCC[C@@H](CC=O)OOC(OC)(c1ccccc1)c1ccccc1. The van der Waals surface area contributed by atoms with Crippen molar-refractivity contribution in [1.82, 2.24) is 0 Å². The minimum atomic E-state index is -1.21. The number of hydrogen-bond acceptors (Lipinski definition) is 4. The van der Waals surface area contributed by atoms with Crippen molar-refractivity contribution >= 4 is 6.29 Å². The van der Waals surface area contributed by atoms with Crippen molar-refractivity contribution < 1.29 is 19.3 Å². The molecule has 4 nitrogen and oxygen atoms in total. The molecule has 0 aliphatic carbocycles. The smallest absolute Gasteiger partial charge is 0.253 e. The van der Waals surface area contributed by atoms with Gasteiger partial charge in [0, 0.05) is 24.7 Å². The fourth-order valence-corrected chi connectivity index (χ4v) is 2.60. The van der Waals surface area contributed by atoms with E-state index in [1.165, 1.54) is 0 Å². The monoisotopic (exact) mass is 340 g/mol. The Bertz CT molecular complexity index is 600. The zero-order chi connectivity index (χ0) is 18.0. The molecule has 2 rings (SSSR count). The van der Waals surface area contributed by atoms with Gasteiger partial charge in [0.25, 0.3) is 5.79 Å². The van der Waals surface area contributed by atoms with Crippen molar-refractivity contribution in [2.24, 2.45) is 0 Å². The quantitative estimate of drug-likeness (QED) is 0.200. The zero-order valence-corrected chi connectivity index (χ0v) is 14.5. The number of ether oxygens (including phenoxy) is 1. The van der Waals surface area contributed by atoms with Gasteiger partial charge in [-0.1, -0.05) is 66.7 Å². The topological polar surface area (TPSA) is 44.8 Å². The van der Waals surface area contributed by atoms with Crippen molar-refractivity contribution in [3.8, 4) is 0 Å². The lowest BCUT2D eigenvalue weighted by Gasteiger charge is -2.33. The van der Waals surface area contributed by atoms with Gasteiger partial charge < -0.3 is 9.53 Å². The van der Waals surface area contributed by atoms with Crippen molar-refractivity contribution in [3.63, 3.8) is 0 Å². The Hall–Kier alpha value is -2.27. The van der Waals surface area contributed by atoms with Gasteiger partial charge in [-0.15, -0.1) is 6.58 Å². The van der Waals surface area contributed by atoms with E-state index in [9.17, 15) is 4.79 Å². The van der Waals surface area contributed by atoms with Crippen LogP contribution in [0.4, 0.5) is 0 Å². The summed E-state index contributed by atoms with van der Waals surface area (Å²) in [5, 5.41) is 0. The van der Waals surface area contributed by atoms with Gasteiger partial charge in [0.2, 0.25) is 0 Å². The third kappa shape index (κ3) is 4.86. The summed E-state index contributed by atoms with van der Waals surface area (Å²) in [6, 6.07) is 19.2. The van der Waals surface area contributed by atoms with Crippen molar-refractivity contribution in [2.75, 3.05) is 7.11 Å². The molecular weight excluding hydrogens is 316 g/mol. The molecular formula is C21H24O4. The fourth-order valence-electron chi connectivity index (χ4n) is 2.60. The zero-order valence-electron chi connectivity index (χ0n) is 14.5. The molecule has 0 unspecified atom stereocenters. The lowest BCUT2D eigenvalue weighted by atomic mass is 9.97. The average molecular weight is 340 g/mol. The maximum absolute atomic E-state index is 10.9. The molecule has 0 aromatic heterocycles. The van der Waals surface area contributed by atoms with E-state index in [1.807, 2.05) is 60.7 Å². The Morgan fingerprint density at radius 2 is 1.60 bits per heavy atom. The van der Waals surface area contributed by atoms with Gasteiger partial charge in [-0.05, 0) is 12.8 Å². The van der Waals surface area contributed by atoms with E-state index < -0.39 is 5.79 Å². The lowest BCUT2D eigenvalue weighted by molar-refractivity contribution is -0.435. The Kier molecular flexibility index (Phi) is 7.54. The maximum Gasteiger partial charge on any atom is 0.253 e. The molecule has 132 valence electrons. The fraction of sp³-hybridized carbons (Fsp3) is 0.286. The van der Waals surface area contributed by atoms with Crippen LogP contribution in [-0.2, 0) is 25.1 Å². The Morgan fingerprint density at radius 3 is 2.04 bits per heavy atom. The Morgan fingerprint density at radius 1 is 1.04 bits per heavy atom. The minimum absolute atomic E-state index is 0.247. The standard InChI is InChI=1S/C21H24O4/c1-3-4-15-20(16-17-22)24-25-21(23-2,18-11-7-5-8-12-18)19-13-9-6-10-14-19/h3,5-14,17,20H,1,4,15-16H2,2H3/t20-/m0/s1.